The second kappa shape index (κ2) is 8.41. The van der Waals surface area contributed by atoms with E-state index in [4.69, 9.17) is 0 Å². The first kappa shape index (κ1) is 20.7. The van der Waals surface area contributed by atoms with E-state index < -0.39 is 44.5 Å². The van der Waals surface area contributed by atoms with Crippen LogP contribution in [0.5, 0.6) is 0 Å². The van der Waals surface area contributed by atoms with Crippen LogP contribution in [0.25, 0.3) is 0 Å². The summed E-state index contributed by atoms with van der Waals surface area (Å²) in [5.41, 5.74) is -0.461. The molecule has 2 rings (SSSR count). The normalized spacial score (nSPS) is 17.2. The molecule has 0 aromatic heterocycles. The van der Waals surface area contributed by atoms with Crippen LogP contribution < -0.4 is 5.32 Å². The number of hydrogen-bond donors (Lipinski definition) is 1. The number of carbonyl (C=O) groups is 1. The van der Waals surface area contributed by atoms with Crippen molar-refractivity contribution in [1.29, 1.82) is 0 Å². The van der Waals surface area contributed by atoms with Crippen LogP contribution in [0.2, 0.25) is 0 Å². The van der Waals surface area contributed by atoms with Crippen LogP contribution in [0.4, 0.5) is 13.2 Å². The van der Waals surface area contributed by atoms with Crippen LogP contribution in [0, 0.1) is 0 Å². The molecule has 1 aliphatic carbocycles. The van der Waals surface area contributed by atoms with Crippen LogP contribution >= 0.6 is 0 Å². The summed E-state index contributed by atoms with van der Waals surface area (Å²) >= 11 is 0. The Labute approximate surface area is 152 Å². The van der Waals surface area contributed by atoms with Crippen molar-refractivity contribution in [3.8, 4) is 0 Å². The average molecular weight is 391 g/mol. The van der Waals surface area contributed by atoms with Gasteiger partial charge in [0.2, 0.25) is 5.91 Å². The lowest BCUT2D eigenvalue weighted by Crippen LogP contribution is -2.36. The highest BCUT2D eigenvalue weighted by Crippen LogP contribution is 2.31. The lowest BCUT2D eigenvalue weighted by atomic mass is 10.00. The van der Waals surface area contributed by atoms with Gasteiger partial charge in [-0.1, -0.05) is 38.3 Å². The Kier molecular flexibility index (Phi) is 6.71. The number of sulfone groups is 1. The molecule has 1 amide bonds. The van der Waals surface area contributed by atoms with Crippen LogP contribution in [-0.4, -0.2) is 25.3 Å². The van der Waals surface area contributed by atoms with Gasteiger partial charge in [-0.3, -0.25) is 4.79 Å². The maximum atomic E-state index is 12.9. The fraction of sp³-hybridized carbons (Fsp3) is 0.611. The summed E-state index contributed by atoms with van der Waals surface area (Å²) in [5, 5.41) is 2.13. The van der Waals surface area contributed by atoms with Crippen molar-refractivity contribution in [3.63, 3.8) is 0 Å². The largest absolute Gasteiger partial charge is 0.416 e. The van der Waals surface area contributed by atoms with Crippen molar-refractivity contribution in [1.82, 2.24) is 5.32 Å². The van der Waals surface area contributed by atoms with E-state index in [1.165, 1.54) is 12.1 Å². The second-order valence-electron chi connectivity index (χ2n) is 6.75. The zero-order valence-corrected chi connectivity index (χ0v) is 15.5. The first-order chi connectivity index (χ1) is 12.1. The van der Waals surface area contributed by atoms with E-state index in [9.17, 15) is 26.4 Å². The standard InChI is InChI=1S/C18H24F3NO3S/c1-2-6-16(13-7-5-8-14(11-13)18(19,20)21)22-17(23)12-26(24,25)15-9-3-4-10-15/h5,7-8,11,15-16H,2-4,6,9-10,12H2,1H3,(H,22,23). The first-order valence-electron chi connectivity index (χ1n) is 8.81. The minimum Gasteiger partial charge on any atom is -0.348 e. The zero-order chi connectivity index (χ0) is 19.4. The summed E-state index contributed by atoms with van der Waals surface area (Å²) in [4.78, 5) is 12.2. The van der Waals surface area contributed by atoms with Crippen molar-refractivity contribution >= 4 is 15.7 Å². The highest BCUT2D eigenvalue weighted by Gasteiger charge is 2.33. The highest BCUT2D eigenvalue weighted by molar-refractivity contribution is 7.92. The summed E-state index contributed by atoms with van der Waals surface area (Å²) in [6.45, 7) is 1.85. The molecule has 0 bridgehead atoms. The molecule has 1 aromatic rings. The lowest BCUT2D eigenvalue weighted by Gasteiger charge is -2.20. The molecular weight excluding hydrogens is 367 g/mol. The van der Waals surface area contributed by atoms with Crippen molar-refractivity contribution < 1.29 is 26.4 Å². The second-order valence-corrected chi connectivity index (χ2v) is 9.03. The van der Waals surface area contributed by atoms with E-state index in [2.05, 4.69) is 5.32 Å². The Morgan fingerprint density at radius 1 is 1.27 bits per heavy atom. The van der Waals surface area contributed by atoms with E-state index in [1.54, 1.807) is 0 Å². The minimum absolute atomic E-state index is 0.327. The van der Waals surface area contributed by atoms with Gasteiger partial charge < -0.3 is 5.32 Å². The Balaban J connectivity index is 2.11. The molecular formula is C18H24F3NO3S. The Morgan fingerprint density at radius 2 is 1.92 bits per heavy atom. The van der Waals surface area contributed by atoms with Gasteiger partial charge in [0, 0.05) is 0 Å². The molecule has 1 N–H and O–H groups in total. The molecule has 1 aromatic carbocycles. The van der Waals surface area contributed by atoms with Gasteiger partial charge in [0.25, 0.3) is 0 Å². The number of alkyl halides is 3. The molecule has 26 heavy (non-hydrogen) atoms. The summed E-state index contributed by atoms with van der Waals surface area (Å²) < 4.78 is 63.3. The maximum Gasteiger partial charge on any atom is 0.416 e. The lowest BCUT2D eigenvalue weighted by molar-refractivity contribution is -0.137. The zero-order valence-electron chi connectivity index (χ0n) is 14.7. The highest BCUT2D eigenvalue weighted by atomic mass is 32.2. The van der Waals surface area contributed by atoms with Gasteiger partial charge in [0.15, 0.2) is 9.84 Å². The van der Waals surface area contributed by atoms with Crippen LogP contribution in [0.15, 0.2) is 24.3 Å². The Morgan fingerprint density at radius 3 is 2.50 bits per heavy atom. The maximum absolute atomic E-state index is 12.9. The molecule has 1 saturated carbocycles. The van der Waals surface area contributed by atoms with Gasteiger partial charge in [0.1, 0.15) is 5.75 Å². The Hall–Kier alpha value is -1.57. The molecule has 1 unspecified atom stereocenters. The third-order valence-corrected chi connectivity index (χ3v) is 6.82. The number of halogens is 3. The first-order valence-corrected chi connectivity index (χ1v) is 10.5. The number of rotatable bonds is 7. The van der Waals surface area contributed by atoms with E-state index in [0.29, 0.717) is 31.2 Å². The van der Waals surface area contributed by atoms with Crippen LogP contribution in [0.1, 0.15) is 62.6 Å². The van der Waals surface area contributed by atoms with Gasteiger partial charge in [-0.15, -0.1) is 0 Å². The Bertz CT molecular complexity index is 725. The van der Waals surface area contributed by atoms with Gasteiger partial charge in [-0.25, -0.2) is 8.42 Å². The van der Waals surface area contributed by atoms with E-state index in [0.717, 1.165) is 25.0 Å². The monoisotopic (exact) mass is 391 g/mol. The predicted molar refractivity (Wildman–Crippen MR) is 93.3 cm³/mol. The predicted octanol–water partition coefficient (Wildman–Crippen LogP) is 4.02. The SMILES string of the molecule is CCCC(NC(=O)CS(=O)(=O)C1CCCC1)c1cccc(C(F)(F)F)c1. The molecule has 4 nitrogen and oxygen atoms in total. The molecule has 1 fully saturated rings. The fourth-order valence-corrected chi connectivity index (χ4v) is 5.06. The van der Waals surface area contributed by atoms with Gasteiger partial charge in [-0.2, -0.15) is 13.2 Å². The number of hydrogen-bond acceptors (Lipinski definition) is 3. The summed E-state index contributed by atoms with van der Waals surface area (Å²) in [7, 11) is -3.53. The molecule has 0 spiro atoms. The quantitative estimate of drug-likeness (QED) is 0.764. The van der Waals surface area contributed by atoms with Gasteiger partial charge in [-0.05, 0) is 37.0 Å². The summed E-state index contributed by atoms with van der Waals surface area (Å²) in [6, 6.07) is 4.14. The third kappa shape index (κ3) is 5.46. The van der Waals surface area contributed by atoms with Crippen molar-refractivity contribution in [3.05, 3.63) is 35.4 Å². The van der Waals surface area contributed by atoms with E-state index >= 15 is 0 Å². The minimum atomic E-state index is -4.47. The third-order valence-electron chi connectivity index (χ3n) is 4.67. The average Bonchev–Trinajstić information content (AvgIpc) is 3.09. The fourth-order valence-electron chi connectivity index (χ4n) is 3.33. The number of benzene rings is 1. The summed E-state index contributed by atoms with van der Waals surface area (Å²) in [5.74, 6) is -1.27. The van der Waals surface area contributed by atoms with Gasteiger partial charge in [0.05, 0.1) is 16.9 Å². The van der Waals surface area contributed by atoms with E-state index in [-0.39, 0.29) is 0 Å². The number of nitrogens with one attached hydrogen (secondary N) is 1. The molecule has 1 atom stereocenters. The van der Waals surface area contributed by atoms with Crippen LogP contribution in [-0.2, 0) is 20.8 Å². The molecule has 8 heteroatoms. The summed E-state index contributed by atoms with van der Waals surface area (Å²) in [6.07, 6.45) is -0.582. The van der Waals surface area contributed by atoms with Crippen molar-refractivity contribution in [2.24, 2.45) is 0 Å². The van der Waals surface area contributed by atoms with Gasteiger partial charge >= 0.3 is 6.18 Å². The number of amides is 1. The molecule has 0 saturated heterocycles. The molecule has 0 radical (unpaired) electrons. The topological polar surface area (TPSA) is 63.2 Å². The number of carbonyl (C=O) groups excluding carboxylic acids is 1. The van der Waals surface area contributed by atoms with E-state index in [1.807, 2.05) is 6.92 Å². The smallest absolute Gasteiger partial charge is 0.348 e. The molecule has 146 valence electrons. The molecule has 0 heterocycles. The molecule has 0 aliphatic heterocycles. The molecule has 1 aliphatic rings. The van der Waals surface area contributed by atoms with Crippen molar-refractivity contribution in [2.45, 2.75) is 62.9 Å². The van der Waals surface area contributed by atoms with Crippen LogP contribution in [0.3, 0.4) is 0 Å². The van der Waals surface area contributed by atoms with Crippen molar-refractivity contribution in [2.75, 3.05) is 5.75 Å².